The van der Waals surface area contributed by atoms with Gasteiger partial charge in [-0.2, -0.15) is 0 Å². The average molecular weight is 282 g/mol. The van der Waals surface area contributed by atoms with E-state index < -0.39 is 11.9 Å². The first kappa shape index (κ1) is 15.1. The van der Waals surface area contributed by atoms with E-state index in [1.54, 1.807) is 4.90 Å². The molecule has 2 amide bonds. The van der Waals surface area contributed by atoms with Gasteiger partial charge in [-0.25, -0.2) is 4.79 Å². The highest BCUT2D eigenvalue weighted by molar-refractivity contribution is 5.76. The summed E-state index contributed by atoms with van der Waals surface area (Å²) in [5.74, 6) is -1.17. The number of rotatable bonds is 1. The molecule has 2 aliphatic heterocycles. The molecule has 5 nitrogen and oxygen atoms in total. The summed E-state index contributed by atoms with van der Waals surface area (Å²) in [6.45, 7) is 7.16. The molecule has 2 heterocycles. The van der Waals surface area contributed by atoms with E-state index in [9.17, 15) is 9.59 Å². The number of hydrogen-bond donors (Lipinski definition) is 1. The van der Waals surface area contributed by atoms with Crippen LogP contribution in [0.1, 0.15) is 46.0 Å². The molecule has 1 atom stereocenters. The van der Waals surface area contributed by atoms with Crippen molar-refractivity contribution < 1.29 is 14.7 Å². The van der Waals surface area contributed by atoms with Crippen molar-refractivity contribution in [1.29, 1.82) is 0 Å². The average Bonchev–Trinajstić information content (AvgIpc) is 2.59. The lowest BCUT2D eigenvalue weighted by Gasteiger charge is -2.35. The molecule has 0 aromatic heterocycles. The molecule has 1 N–H and O–H groups in total. The number of carboxylic acid groups (broad SMARTS) is 1. The minimum atomic E-state index is -0.778. The number of aliphatic carboxylic acids is 1. The highest BCUT2D eigenvalue weighted by Crippen LogP contribution is 2.30. The second kappa shape index (κ2) is 6.02. The second-order valence-corrected chi connectivity index (χ2v) is 6.91. The van der Waals surface area contributed by atoms with E-state index in [2.05, 4.69) is 13.8 Å². The lowest BCUT2D eigenvalue weighted by molar-refractivity contribution is -0.143. The van der Waals surface area contributed by atoms with Crippen LogP contribution < -0.4 is 0 Å². The summed E-state index contributed by atoms with van der Waals surface area (Å²) in [6.07, 6.45) is 4.69. The highest BCUT2D eigenvalue weighted by atomic mass is 16.4. The molecule has 0 bridgehead atoms. The molecular formula is C15H26N2O3. The van der Waals surface area contributed by atoms with E-state index >= 15 is 0 Å². The number of piperidine rings is 1. The van der Waals surface area contributed by atoms with Gasteiger partial charge in [-0.1, -0.05) is 13.8 Å². The van der Waals surface area contributed by atoms with Crippen LogP contribution in [0, 0.1) is 11.3 Å². The molecule has 20 heavy (non-hydrogen) atoms. The van der Waals surface area contributed by atoms with E-state index in [1.807, 2.05) is 4.90 Å². The number of carboxylic acids is 1. The first-order chi connectivity index (χ1) is 9.39. The van der Waals surface area contributed by atoms with Gasteiger partial charge in [0.05, 0.1) is 5.92 Å². The summed E-state index contributed by atoms with van der Waals surface area (Å²) in [5, 5.41) is 9.11. The standard InChI is InChI=1S/C15H26N2O3/c1-15(2)6-4-9-16(10-7-15)14(20)17-8-3-5-12(11-17)13(18)19/h12H,3-11H2,1-2H3,(H,18,19)/t12-/m1/s1. The Labute approximate surface area is 120 Å². The number of nitrogens with zero attached hydrogens (tertiary/aromatic N) is 2. The number of hydrogen-bond acceptors (Lipinski definition) is 2. The monoisotopic (exact) mass is 282 g/mol. The Kier molecular flexibility index (Phi) is 4.55. The number of amides is 2. The van der Waals surface area contributed by atoms with Gasteiger partial charge in [0, 0.05) is 26.2 Å². The van der Waals surface area contributed by atoms with Crippen molar-refractivity contribution >= 4 is 12.0 Å². The van der Waals surface area contributed by atoms with Gasteiger partial charge in [-0.15, -0.1) is 0 Å². The molecule has 2 aliphatic rings. The SMILES string of the molecule is CC1(C)CCCN(C(=O)N2CCC[C@@H](C(=O)O)C2)CC1. The van der Waals surface area contributed by atoms with E-state index in [0.29, 0.717) is 24.9 Å². The second-order valence-electron chi connectivity index (χ2n) is 6.91. The van der Waals surface area contributed by atoms with Crippen LogP contribution in [-0.2, 0) is 4.79 Å². The molecule has 2 fully saturated rings. The van der Waals surface area contributed by atoms with Crippen molar-refractivity contribution in [1.82, 2.24) is 9.80 Å². The van der Waals surface area contributed by atoms with Gasteiger partial charge in [0.15, 0.2) is 0 Å². The Hall–Kier alpha value is -1.26. The van der Waals surface area contributed by atoms with Crippen LogP contribution in [0.3, 0.4) is 0 Å². The number of carbonyl (C=O) groups excluding carboxylic acids is 1. The molecule has 0 saturated carbocycles. The van der Waals surface area contributed by atoms with Crippen LogP contribution in [-0.4, -0.2) is 53.1 Å². The summed E-state index contributed by atoms with van der Waals surface area (Å²) in [4.78, 5) is 27.3. The predicted octanol–water partition coefficient (Wildman–Crippen LogP) is 2.42. The van der Waals surface area contributed by atoms with Crippen LogP contribution in [0.4, 0.5) is 4.79 Å². The molecule has 5 heteroatoms. The van der Waals surface area contributed by atoms with Gasteiger partial charge in [0.25, 0.3) is 0 Å². The number of carbonyl (C=O) groups is 2. The smallest absolute Gasteiger partial charge is 0.320 e. The fourth-order valence-corrected chi connectivity index (χ4v) is 3.17. The third kappa shape index (κ3) is 3.64. The van der Waals surface area contributed by atoms with Gasteiger partial charge in [-0.05, 0) is 37.5 Å². The van der Waals surface area contributed by atoms with Crippen molar-refractivity contribution in [2.75, 3.05) is 26.2 Å². The molecule has 114 valence electrons. The Balaban J connectivity index is 1.95. The van der Waals surface area contributed by atoms with E-state index in [4.69, 9.17) is 5.11 Å². The third-order valence-electron chi connectivity index (χ3n) is 4.65. The number of urea groups is 1. The Morgan fingerprint density at radius 1 is 1.05 bits per heavy atom. The molecular weight excluding hydrogens is 256 g/mol. The highest BCUT2D eigenvalue weighted by Gasteiger charge is 2.32. The number of likely N-dealkylation sites (tertiary alicyclic amines) is 2. The molecule has 0 aromatic carbocycles. The third-order valence-corrected chi connectivity index (χ3v) is 4.65. The maximum atomic E-state index is 12.5. The predicted molar refractivity (Wildman–Crippen MR) is 76.5 cm³/mol. The first-order valence-electron chi connectivity index (χ1n) is 7.66. The summed E-state index contributed by atoms with van der Waals surface area (Å²) in [5.41, 5.74) is 0.306. The first-order valence-corrected chi connectivity index (χ1v) is 7.66. The maximum Gasteiger partial charge on any atom is 0.320 e. The van der Waals surface area contributed by atoms with Crippen molar-refractivity contribution in [3.63, 3.8) is 0 Å². The molecule has 0 aliphatic carbocycles. The minimum absolute atomic E-state index is 0.0358. The van der Waals surface area contributed by atoms with E-state index in [1.165, 1.54) is 0 Å². The van der Waals surface area contributed by atoms with Crippen molar-refractivity contribution in [2.24, 2.45) is 11.3 Å². The van der Waals surface area contributed by atoms with Crippen molar-refractivity contribution in [3.05, 3.63) is 0 Å². The van der Waals surface area contributed by atoms with Crippen molar-refractivity contribution in [3.8, 4) is 0 Å². The fraction of sp³-hybridized carbons (Fsp3) is 0.867. The molecule has 0 unspecified atom stereocenters. The largest absolute Gasteiger partial charge is 0.481 e. The summed E-state index contributed by atoms with van der Waals surface area (Å²) < 4.78 is 0. The van der Waals surface area contributed by atoms with Gasteiger partial charge in [-0.3, -0.25) is 4.79 Å². The fourth-order valence-electron chi connectivity index (χ4n) is 3.17. The van der Waals surface area contributed by atoms with Crippen LogP contribution >= 0.6 is 0 Å². The van der Waals surface area contributed by atoms with Crippen LogP contribution in [0.15, 0.2) is 0 Å². The summed E-state index contributed by atoms with van der Waals surface area (Å²) >= 11 is 0. The van der Waals surface area contributed by atoms with Crippen molar-refractivity contribution in [2.45, 2.75) is 46.0 Å². The van der Waals surface area contributed by atoms with E-state index in [-0.39, 0.29) is 6.03 Å². The molecule has 2 rings (SSSR count). The Morgan fingerprint density at radius 3 is 2.45 bits per heavy atom. The van der Waals surface area contributed by atoms with Gasteiger partial charge >= 0.3 is 12.0 Å². The Morgan fingerprint density at radius 2 is 1.75 bits per heavy atom. The van der Waals surface area contributed by atoms with Crippen LogP contribution in [0.5, 0.6) is 0 Å². The minimum Gasteiger partial charge on any atom is -0.481 e. The molecule has 0 radical (unpaired) electrons. The van der Waals surface area contributed by atoms with E-state index in [0.717, 1.165) is 38.8 Å². The maximum absolute atomic E-state index is 12.5. The molecule has 0 aromatic rings. The van der Waals surface area contributed by atoms with Gasteiger partial charge < -0.3 is 14.9 Å². The normalized spacial score (nSPS) is 27.0. The zero-order valence-corrected chi connectivity index (χ0v) is 12.6. The van der Waals surface area contributed by atoms with Gasteiger partial charge in [0.1, 0.15) is 0 Å². The van der Waals surface area contributed by atoms with Crippen LogP contribution in [0.25, 0.3) is 0 Å². The summed E-state index contributed by atoms with van der Waals surface area (Å²) in [7, 11) is 0. The zero-order chi connectivity index (χ0) is 14.8. The Bertz CT molecular complexity index is 381. The quantitative estimate of drug-likeness (QED) is 0.803. The topological polar surface area (TPSA) is 60.9 Å². The van der Waals surface area contributed by atoms with Gasteiger partial charge in [0.2, 0.25) is 0 Å². The molecule has 0 spiro atoms. The lowest BCUT2D eigenvalue weighted by atomic mass is 9.85. The zero-order valence-electron chi connectivity index (χ0n) is 12.6. The van der Waals surface area contributed by atoms with Crippen LogP contribution in [0.2, 0.25) is 0 Å². The lowest BCUT2D eigenvalue weighted by Crippen LogP contribution is -2.49. The molecule has 2 saturated heterocycles. The summed E-state index contributed by atoms with van der Waals surface area (Å²) in [6, 6.07) is 0.0358.